The normalized spacial score (nSPS) is 35.6. The molecule has 0 aliphatic carbocycles. The minimum Gasteiger partial charge on any atom is -0.346 e. The van der Waals surface area contributed by atoms with E-state index in [1.165, 1.54) is 0 Å². The Balaban J connectivity index is 1.79. The number of rotatable bonds is 3. The van der Waals surface area contributed by atoms with Crippen molar-refractivity contribution >= 4 is 9.84 Å². The van der Waals surface area contributed by atoms with E-state index in [-0.39, 0.29) is 12.1 Å². The van der Waals surface area contributed by atoms with Gasteiger partial charge in [0, 0.05) is 12.5 Å². The minimum absolute atomic E-state index is 0.00260. The van der Waals surface area contributed by atoms with Gasteiger partial charge in [0.15, 0.2) is 15.6 Å². The summed E-state index contributed by atoms with van der Waals surface area (Å²) in [4.78, 5) is 2.63. The first-order valence-corrected chi connectivity index (χ1v) is 10.2. The Hall–Kier alpha value is -0.950. The third kappa shape index (κ3) is 2.00. The second-order valence-electron chi connectivity index (χ2n) is 7.18. The van der Waals surface area contributed by atoms with Gasteiger partial charge in [0.2, 0.25) is 0 Å². The Labute approximate surface area is 143 Å². The first-order chi connectivity index (χ1) is 11.5. The van der Waals surface area contributed by atoms with Gasteiger partial charge in [0.05, 0.1) is 28.9 Å². The SMILES string of the molecule is CC[C@@]1(S(=O)(=O)c2ccccc2)C[C@H]2N(C)[C@@H]1CCC21OCCO1. The van der Waals surface area contributed by atoms with Crippen molar-refractivity contribution in [1.82, 2.24) is 4.90 Å². The van der Waals surface area contributed by atoms with Crippen molar-refractivity contribution in [3.63, 3.8) is 0 Å². The highest BCUT2D eigenvalue weighted by molar-refractivity contribution is 7.93. The zero-order valence-corrected chi connectivity index (χ0v) is 15.1. The van der Waals surface area contributed by atoms with Crippen LogP contribution in [0.3, 0.4) is 0 Å². The van der Waals surface area contributed by atoms with Gasteiger partial charge in [-0.3, -0.25) is 4.90 Å². The molecule has 3 aliphatic rings. The van der Waals surface area contributed by atoms with Crippen LogP contribution in [0.2, 0.25) is 0 Å². The smallest absolute Gasteiger partial charge is 0.185 e. The number of nitrogens with zero attached hydrogens (tertiary/aromatic N) is 1. The van der Waals surface area contributed by atoms with Crippen LogP contribution < -0.4 is 0 Å². The predicted molar refractivity (Wildman–Crippen MR) is 90.5 cm³/mol. The van der Waals surface area contributed by atoms with Gasteiger partial charge in [-0.1, -0.05) is 25.1 Å². The standard InChI is InChI=1S/C18H25NO4S/c1-3-17(24(20,21)14-7-5-4-6-8-14)13-16-18(22-11-12-23-18)10-9-15(17)19(16)2/h4-8,15-16H,3,9-13H2,1-2H3/t15-,16-,17-/m1/s1. The van der Waals surface area contributed by atoms with Gasteiger partial charge in [-0.25, -0.2) is 8.42 Å². The summed E-state index contributed by atoms with van der Waals surface area (Å²) in [5, 5.41) is 0. The van der Waals surface area contributed by atoms with E-state index in [4.69, 9.17) is 9.47 Å². The van der Waals surface area contributed by atoms with Crippen LogP contribution in [0.1, 0.15) is 32.6 Å². The molecule has 0 radical (unpaired) electrons. The Morgan fingerprint density at radius 3 is 2.46 bits per heavy atom. The quantitative estimate of drug-likeness (QED) is 0.836. The Kier molecular flexibility index (Phi) is 3.80. The number of hydrogen-bond donors (Lipinski definition) is 0. The molecule has 0 N–H and O–H groups in total. The van der Waals surface area contributed by atoms with Gasteiger partial charge < -0.3 is 9.47 Å². The molecule has 3 atom stereocenters. The van der Waals surface area contributed by atoms with Crippen LogP contribution in [-0.4, -0.2) is 56.2 Å². The van der Waals surface area contributed by atoms with Gasteiger partial charge in [0.1, 0.15) is 0 Å². The fourth-order valence-electron chi connectivity index (χ4n) is 5.13. The van der Waals surface area contributed by atoms with Crippen molar-refractivity contribution in [3.8, 4) is 0 Å². The molecule has 0 aromatic heterocycles. The maximum absolute atomic E-state index is 13.6. The lowest BCUT2D eigenvalue weighted by molar-refractivity contribution is -0.215. The van der Waals surface area contributed by atoms with E-state index in [1.807, 2.05) is 20.0 Å². The summed E-state index contributed by atoms with van der Waals surface area (Å²) in [5.41, 5.74) is 0. The Bertz CT molecular complexity index is 714. The average molecular weight is 351 g/mol. The molecule has 3 heterocycles. The maximum Gasteiger partial charge on any atom is 0.185 e. The summed E-state index contributed by atoms with van der Waals surface area (Å²) >= 11 is 0. The third-order valence-electron chi connectivity index (χ3n) is 6.37. The summed E-state index contributed by atoms with van der Waals surface area (Å²) in [6.07, 6.45) is 2.74. The van der Waals surface area contributed by atoms with Gasteiger partial charge >= 0.3 is 0 Å². The molecular formula is C18H25NO4S. The number of likely N-dealkylation sites (N-methyl/N-ethyl adjacent to an activating group) is 1. The second-order valence-corrected chi connectivity index (χ2v) is 9.47. The van der Waals surface area contributed by atoms with E-state index in [1.54, 1.807) is 24.3 Å². The topological polar surface area (TPSA) is 55.8 Å². The number of benzene rings is 1. The third-order valence-corrected chi connectivity index (χ3v) is 9.06. The highest BCUT2D eigenvalue weighted by atomic mass is 32.2. The molecule has 1 aromatic rings. The van der Waals surface area contributed by atoms with Crippen LogP contribution in [0, 0.1) is 0 Å². The zero-order valence-electron chi connectivity index (χ0n) is 14.3. The van der Waals surface area contributed by atoms with Crippen LogP contribution in [0.15, 0.2) is 35.2 Å². The lowest BCUT2D eigenvalue weighted by Gasteiger charge is -2.44. The molecule has 0 amide bonds. The molecule has 3 fully saturated rings. The lowest BCUT2D eigenvalue weighted by atomic mass is 9.93. The van der Waals surface area contributed by atoms with Crippen LogP contribution in [0.4, 0.5) is 0 Å². The van der Waals surface area contributed by atoms with Crippen molar-refractivity contribution < 1.29 is 17.9 Å². The molecule has 6 heteroatoms. The summed E-state index contributed by atoms with van der Waals surface area (Å²) in [5.74, 6) is -0.617. The van der Waals surface area contributed by atoms with Crippen molar-refractivity contribution in [3.05, 3.63) is 30.3 Å². The molecule has 3 aliphatic heterocycles. The van der Waals surface area contributed by atoms with E-state index in [0.29, 0.717) is 31.0 Å². The summed E-state index contributed by atoms with van der Waals surface area (Å²) in [7, 11) is -1.41. The molecule has 4 rings (SSSR count). The van der Waals surface area contributed by atoms with E-state index in [0.717, 1.165) is 12.8 Å². The number of fused-ring (bicyclic) bond motifs is 3. The molecule has 2 bridgehead atoms. The zero-order chi connectivity index (χ0) is 17.0. The molecule has 1 spiro atoms. The minimum atomic E-state index is -3.44. The fourth-order valence-corrected chi connectivity index (χ4v) is 7.52. The van der Waals surface area contributed by atoms with Crippen molar-refractivity contribution in [2.75, 3.05) is 20.3 Å². The first kappa shape index (κ1) is 16.5. The molecule has 132 valence electrons. The summed E-state index contributed by atoms with van der Waals surface area (Å²) in [6.45, 7) is 3.19. The Morgan fingerprint density at radius 1 is 1.17 bits per heavy atom. The second kappa shape index (κ2) is 5.53. The maximum atomic E-state index is 13.6. The fraction of sp³-hybridized carbons (Fsp3) is 0.667. The number of hydrogen-bond acceptors (Lipinski definition) is 5. The monoisotopic (exact) mass is 351 g/mol. The largest absolute Gasteiger partial charge is 0.346 e. The summed E-state index contributed by atoms with van der Waals surface area (Å²) < 4.78 is 38.3. The van der Waals surface area contributed by atoms with Crippen molar-refractivity contribution in [2.45, 2.75) is 60.1 Å². The molecule has 3 saturated heterocycles. The van der Waals surface area contributed by atoms with Gasteiger partial charge in [-0.05, 0) is 38.4 Å². The van der Waals surface area contributed by atoms with Gasteiger partial charge in [-0.15, -0.1) is 0 Å². The molecule has 0 unspecified atom stereocenters. The summed E-state index contributed by atoms with van der Waals surface area (Å²) in [6, 6.07) is 8.89. The van der Waals surface area contributed by atoms with Crippen LogP contribution in [0.5, 0.6) is 0 Å². The highest BCUT2D eigenvalue weighted by Gasteiger charge is 2.66. The van der Waals surface area contributed by atoms with Crippen LogP contribution >= 0.6 is 0 Å². The van der Waals surface area contributed by atoms with E-state index in [9.17, 15) is 8.42 Å². The van der Waals surface area contributed by atoms with E-state index < -0.39 is 20.4 Å². The lowest BCUT2D eigenvalue weighted by Crippen LogP contribution is -2.56. The highest BCUT2D eigenvalue weighted by Crippen LogP contribution is 2.54. The number of sulfone groups is 1. The van der Waals surface area contributed by atoms with Gasteiger partial charge in [-0.2, -0.15) is 0 Å². The van der Waals surface area contributed by atoms with E-state index >= 15 is 0 Å². The molecule has 5 nitrogen and oxygen atoms in total. The van der Waals surface area contributed by atoms with E-state index in [2.05, 4.69) is 4.90 Å². The van der Waals surface area contributed by atoms with Crippen molar-refractivity contribution in [2.24, 2.45) is 0 Å². The van der Waals surface area contributed by atoms with Crippen molar-refractivity contribution in [1.29, 1.82) is 0 Å². The van der Waals surface area contributed by atoms with Gasteiger partial charge in [0.25, 0.3) is 0 Å². The molecule has 24 heavy (non-hydrogen) atoms. The number of piperidine rings is 1. The Morgan fingerprint density at radius 2 is 1.83 bits per heavy atom. The average Bonchev–Trinajstić information content (AvgIpc) is 3.12. The molecular weight excluding hydrogens is 326 g/mol. The molecule has 1 aromatic carbocycles. The van der Waals surface area contributed by atoms with Crippen LogP contribution in [0.25, 0.3) is 0 Å². The molecule has 0 saturated carbocycles. The van der Waals surface area contributed by atoms with Crippen LogP contribution in [-0.2, 0) is 19.3 Å². The predicted octanol–water partition coefficient (Wildman–Crippen LogP) is 2.22. The number of ether oxygens (including phenoxy) is 2. The first-order valence-electron chi connectivity index (χ1n) is 8.76.